The van der Waals surface area contributed by atoms with Gasteiger partial charge in [0.2, 0.25) is 0 Å². The number of rotatable bonds is 6. The molecule has 0 saturated heterocycles. The number of benzene rings is 1. The number of hydrogen-bond acceptors (Lipinski definition) is 3. The Bertz CT molecular complexity index is 439. The first kappa shape index (κ1) is 15.2. The zero-order valence-corrected chi connectivity index (χ0v) is 13.0. The summed E-state index contributed by atoms with van der Waals surface area (Å²) in [7, 11) is 1.61. The highest BCUT2D eigenvalue weighted by Gasteiger charge is 2.26. The minimum atomic E-state index is 0.348. The number of methoxy groups -OCH3 is 1. The second-order valence-corrected chi connectivity index (χ2v) is 5.69. The van der Waals surface area contributed by atoms with Gasteiger partial charge in [0.05, 0.1) is 7.11 Å². The SMILES string of the molecule is CCCN(CCC)[C@H]1CCc2c(ccc(OC)c2O)C1. The van der Waals surface area contributed by atoms with Crippen molar-refractivity contribution < 1.29 is 9.84 Å². The van der Waals surface area contributed by atoms with Gasteiger partial charge in [0.25, 0.3) is 0 Å². The summed E-state index contributed by atoms with van der Waals surface area (Å²) in [6, 6.07) is 4.63. The van der Waals surface area contributed by atoms with E-state index in [0.717, 1.165) is 24.8 Å². The topological polar surface area (TPSA) is 32.7 Å². The Kier molecular flexibility index (Phi) is 5.30. The Morgan fingerprint density at radius 1 is 1.25 bits per heavy atom. The maximum absolute atomic E-state index is 10.2. The second-order valence-electron chi connectivity index (χ2n) is 5.69. The summed E-state index contributed by atoms with van der Waals surface area (Å²) in [5.41, 5.74) is 2.38. The van der Waals surface area contributed by atoms with Gasteiger partial charge in [-0.1, -0.05) is 19.9 Å². The molecule has 0 aliphatic heterocycles. The van der Waals surface area contributed by atoms with Gasteiger partial charge in [-0.05, 0) is 56.8 Å². The molecule has 0 unspecified atom stereocenters. The molecule has 0 heterocycles. The lowest BCUT2D eigenvalue weighted by Gasteiger charge is -2.35. The van der Waals surface area contributed by atoms with Gasteiger partial charge in [-0.15, -0.1) is 0 Å². The quantitative estimate of drug-likeness (QED) is 0.865. The summed E-state index contributed by atoms with van der Waals surface area (Å²) in [5, 5.41) is 10.2. The third-order valence-electron chi connectivity index (χ3n) is 4.28. The summed E-state index contributed by atoms with van der Waals surface area (Å²) >= 11 is 0. The molecular weight excluding hydrogens is 250 g/mol. The highest BCUT2D eigenvalue weighted by atomic mass is 16.5. The van der Waals surface area contributed by atoms with E-state index in [-0.39, 0.29) is 0 Å². The second kappa shape index (κ2) is 6.98. The van der Waals surface area contributed by atoms with E-state index >= 15 is 0 Å². The van der Waals surface area contributed by atoms with Crippen LogP contribution >= 0.6 is 0 Å². The standard InChI is InChI=1S/C17H27NO2/c1-4-10-18(11-5-2)14-7-8-15-13(12-14)6-9-16(20-3)17(15)19/h6,9,14,19H,4-5,7-8,10-12H2,1-3H3/t14-/m0/s1. The van der Waals surface area contributed by atoms with Crippen LogP contribution in [0.25, 0.3) is 0 Å². The van der Waals surface area contributed by atoms with Crippen LogP contribution in [0.5, 0.6) is 11.5 Å². The number of hydrogen-bond donors (Lipinski definition) is 1. The third-order valence-corrected chi connectivity index (χ3v) is 4.28. The molecule has 3 nitrogen and oxygen atoms in total. The van der Waals surface area contributed by atoms with Gasteiger partial charge in [0.1, 0.15) is 0 Å². The predicted octanol–water partition coefficient (Wildman–Crippen LogP) is 3.38. The maximum Gasteiger partial charge on any atom is 0.161 e. The molecule has 1 aliphatic rings. The minimum Gasteiger partial charge on any atom is -0.504 e. The summed E-state index contributed by atoms with van der Waals surface area (Å²) in [6.45, 7) is 6.85. The number of phenolic OH excluding ortho intramolecular Hbond substituents is 1. The minimum absolute atomic E-state index is 0.348. The van der Waals surface area contributed by atoms with Crippen molar-refractivity contribution in [3.8, 4) is 11.5 Å². The maximum atomic E-state index is 10.2. The van der Waals surface area contributed by atoms with E-state index in [4.69, 9.17) is 4.74 Å². The molecule has 3 heteroatoms. The van der Waals surface area contributed by atoms with Crippen LogP contribution in [-0.4, -0.2) is 36.2 Å². The van der Waals surface area contributed by atoms with Gasteiger partial charge >= 0.3 is 0 Å². The Balaban J connectivity index is 2.16. The predicted molar refractivity (Wildman–Crippen MR) is 82.6 cm³/mol. The first-order valence-corrected chi connectivity index (χ1v) is 7.83. The molecule has 20 heavy (non-hydrogen) atoms. The van der Waals surface area contributed by atoms with Crippen molar-refractivity contribution in [2.24, 2.45) is 0 Å². The van der Waals surface area contributed by atoms with Crippen LogP contribution in [0, 0.1) is 0 Å². The van der Waals surface area contributed by atoms with Crippen molar-refractivity contribution in [1.29, 1.82) is 0 Å². The van der Waals surface area contributed by atoms with E-state index in [1.807, 2.05) is 6.07 Å². The molecule has 0 saturated carbocycles. The van der Waals surface area contributed by atoms with Crippen LogP contribution in [0.1, 0.15) is 44.2 Å². The zero-order chi connectivity index (χ0) is 14.5. The van der Waals surface area contributed by atoms with Gasteiger partial charge < -0.3 is 14.7 Å². The van der Waals surface area contributed by atoms with Crippen molar-refractivity contribution in [3.05, 3.63) is 23.3 Å². The first-order valence-electron chi connectivity index (χ1n) is 7.83. The number of phenols is 1. The van der Waals surface area contributed by atoms with E-state index in [9.17, 15) is 5.11 Å². The lowest BCUT2D eigenvalue weighted by molar-refractivity contribution is 0.179. The molecule has 1 atom stereocenters. The lowest BCUT2D eigenvalue weighted by atomic mass is 9.86. The Morgan fingerprint density at radius 2 is 1.95 bits per heavy atom. The van der Waals surface area contributed by atoms with Crippen LogP contribution in [0.4, 0.5) is 0 Å². The van der Waals surface area contributed by atoms with Gasteiger partial charge in [0, 0.05) is 11.6 Å². The molecule has 0 bridgehead atoms. The van der Waals surface area contributed by atoms with Crippen LogP contribution in [0.3, 0.4) is 0 Å². The fraction of sp³-hybridized carbons (Fsp3) is 0.647. The molecule has 0 radical (unpaired) electrons. The molecule has 1 aromatic rings. The normalized spacial score (nSPS) is 18.1. The largest absolute Gasteiger partial charge is 0.504 e. The van der Waals surface area contributed by atoms with Crippen LogP contribution in [-0.2, 0) is 12.8 Å². The fourth-order valence-corrected chi connectivity index (χ4v) is 3.32. The number of fused-ring (bicyclic) bond motifs is 1. The molecule has 2 rings (SSSR count). The molecule has 1 N–H and O–H groups in total. The van der Waals surface area contributed by atoms with E-state index in [1.54, 1.807) is 7.11 Å². The third kappa shape index (κ3) is 3.09. The Morgan fingerprint density at radius 3 is 2.55 bits per heavy atom. The average molecular weight is 277 g/mol. The summed E-state index contributed by atoms with van der Waals surface area (Å²) in [4.78, 5) is 2.62. The summed E-state index contributed by atoms with van der Waals surface area (Å²) in [6.07, 6.45) is 5.54. The van der Waals surface area contributed by atoms with Crippen molar-refractivity contribution in [3.63, 3.8) is 0 Å². The molecule has 1 aliphatic carbocycles. The molecule has 112 valence electrons. The van der Waals surface area contributed by atoms with Crippen molar-refractivity contribution in [2.45, 2.75) is 52.0 Å². The highest BCUT2D eigenvalue weighted by Crippen LogP contribution is 2.37. The van der Waals surface area contributed by atoms with Crippen molar-refractivity contribution in [1.82, 2.24) is 4.90 Å². The van der Waals surface area contributed by atoms with Gasteiger partial charge in [-0.25, -0.2) is 0 Å². The highest BCUT2D eigenvalue weighted by molar-refractivity contribution is 5.51. The van der Waals surface area contributed by atoms with E-state index in [0.29, 0.717) is 17.5 Å². The number of nitrogens with zero attached hydrogens (tertiary/aromatic N) is 1. The van der Waals surface area contributed by atoms with Gasteiger partial charge in [-0.2, -0.15) is 0 Å². The van der Waals surface area contributed by atoms with Gasteiger partial charge in [0.15, 0.2) is 11.5 Å². The first-order chi connectivity index (χ1) is 9.71. The summed E-state index contributed by atoms with van der Waals surface area (Å²) in [5.74, 6) is 0.946. The van der Waals surface area contributed by atoms with Gasteiger partial charge in [-0.3, -0.25) is 0 Å². The van der Waals surface area contributed by atoms with E-state index < -0.39 is 0 Å². The monoisotopic (exact) mass is 277 g/mol. The van der Waals surface area contributed by atoms with E-state index in [2.05, 4.69) is 24.8 Å². The zero-order valence-electron chi connectivity index (χ0n) is 13.0. The van der Waals surface area contributed by atoms with E-state index in [1.165, 1.54) is 31.5 Å². The average Bonchev–Trinajstić information content (AvgIpc) is 2.47. The molecule has 0 aromatic heterocycles. The van der Waals surface area contributed by atoms with Crippen LogP contribution < -0.4 is 4.74 Å². The molecular formula is C17H27NO2. The molecule has 0 amide bonds. The molecule has 0 fully saturated rings. The molecule has 1 aromatic carbocycles. The van der Waals surface area contributed by atoms with Crippen molar-refractivity contribution in [2.75, 3.05) is 20.2 Å². The molecule has 0 spiro atoms. The van der Waals surface area contributed by atoms with Crippen molar-refractivity contribution >= 4 is 0 Å². The Labute approximate surface area is 122 Å². The van der Waals surface area contributed by atoms with Crippen LogP contribution in [0.2, 0.25) is 0 Å². The smallest absolute Gasteiger partial charge is 0.161 e. The summed E-state index contributed by atoms with van der Waals surface area (Å²) < 4.78 is 5.20. The fourth-order valence-electron chi connectivity index (χ4n) is 3.32. The number of aromatic hydroxyl groups is 1. The van der Waals surface area contributed by atoms with Crippen LogP contribution in [0.15, 0.2) is 12.1 Å². The Hall–Kier alpha value is -1.22. The lowest BCUT2D eigenvalue weighted by Crippen LogP contribution is -2.40. The number of ether oxygens (including phenoxy) is 1.